The van der Waals surface area contributed by atoms with Crippen molar-refractivity contribution in [1.82, 2.24) is 0 Å². The molecule has 0 bridgehead atoms. The van der Waals surface area contributed by atoms with Crippen molar-refractivity contribution in [2.45, 2.75) is 25.4 Å². The molecule has 3 heteroatoms. The van der Waals surface area contributed by atoms with E-state index in [9.17, 15) is 9.90 Å². The Bertz CT molecular complexity index is 439. The van der Waals surface area contributed by atoms with E-state index in [1.165, 1.54) is 6.92 Å². The van der Waals surface area contributed by atoms with E-state index in [-0.39, 0.29) is 0 Å². The summed E-state index contributed by atoms with van der Waals surface area (Å²) in [7, 11) is 0. The van der Waals surface area contributed by atoms with Crippen LogP contribution in [-0.2, 0) is 10.4 Å². The molecule has 0 saturated carbocycles. The molecule has 1 N–H and O–H groups in total. The maximum absolute atomic E-state index is 11.1. The summed E-state index contributed by atoms with van der Waals surface area (Å²) in [5, 5.41) is 10.6. The lowest BCUT2D eigenvalue weighted by atomic mass is 9.86. The summed E-state index contributed by atoms with van der Waals surface area (Å²) in [5.74, 6) is -0.0433. The van der Waals surface area contributed by atoms with Crippen molar-refractivity contribution in [1.29, 1.82) is 0 Å². The first kappa shape index (κ1) is 14.2. The number of hydrogen-bond donors (Lipinski definition) is 1. The van der Waals surface area contributed by atoms with Crippen LogP contribution in [0.15, 0.2) is 49.6 Å². The van der Waals surface area contributed by atoms with Crippen molar-refractivity contribution in [2.75, 3.05) is 0 Å². The summed E-state index contributed by atoms with van der Waals surface area (Å²) in [6.07, 6.45) is 3.98. The Morgan fingerprint density at radius 3 is 2.39 bits per heavy atom. The molecule has 0 unspecified atom stereocenters. The van der Waals surface area contributed by atoms with Crippen molar-refractivity contribution >= 4 is 5.97 Å². The number of para-hydroxylation sites is 1. The predicted molar refractivity (Wildman–Crippen MR) is 71.3 cm³/mol. The molecule has 0 fully saturated rings. The zero-order valence-corrected chi connectivity index (χ0v) is 10.6. The molecule has 0 heterocycles. The van der Waals surface area contributed by atoms with Gasteiger partial charge in [0.05, 0.1) is 0 Å². The third-order valence-corrected chi connectivity index (χ3v) is 2.61. The molecule has 1 aromatic rings. The Hall–Kier alpha value is -1.87. The van der Waals surface area contributed by atoms with Gasteiger partial charge in [-0.05, 0) is 18.9 Å². The van der Waals surface area contributed by atoms with E-state index in [2.05, 4.69) is 13.2 Å². The number of esters is 1. The van der Waals surface area contributed by atoms with Crippen LogP contribution in [0, 0.1) is 0 Å². The van der Waals surface area contributed by atoms with Crippen LogP contribution in [0.1, 0.15) is 25.3 Å². The highest BCUT2D eigenvalue weighted by Crippen LogP contribution is 2.36. The smallest absolute Gasteiger partial charge is 0.308 e. The van der Waals surface area contributed by atoms with Crippen molar-refractivity contribution in [3.8, 4) is 5.75 Å². The zero-order valence-electron chi connectivity index (χ0n) is 10.6. The molecule has 96 valence electrons. The summed E-state index contributed by atoms with van der Waals surface area (Å²) in [6, 6.07) is 6.95. The second-order valence-corrected chi connectivity index (χ2v) is 4.11. The van der Waals surface area contributed by atoms with Crippen molar-refractivity contribution in [3.63, 3.8) is 0 Å². The standard InChI is InChI=1S/C15H18O3/c1-4-10-15(17,11-5-2)13-8-6-7-9-14(13)18-12(3)16/h4-9,17H,1-2,10-11H2,3H3. The minimum Gasteiger partial charge on any atom is -0.426 e. The molecule has 0 aromatic heterocycles. The van der Waals surface area contributed by atoms with E-state index in [1.807, 2.05) is 0 Å². The molecule has 0 aliphatic carbocycles. The lowest BCUT2D eigenvalue weighted by molar-refractivity contribution is -0.132. The third kappa shape index (κ3) is 3.31. The van der Waals surface area contributed by atoms with Crippen LogP contribution in [0.3, 0.4) is 0 Å². The molecule has 3 nitrogen and oxygen atoms in total. The lowest BCUT2D eigenvalue weighted by Crippen LogP contribution is -2.25. The van der Waals surface area contributed by atoms with Gasteiger partial charge >= 0.3 is 5.97 Å². The Morgan fingerprint density at radius 2 is 1.89 bits per heavy atom. The van der Waals surface area contributed by atoms with Crippen molar-refractivity contribution < 1.29 is 14.6 Å². The number of ether oxygens (including phenoxy) is 1. The van der Waals surface area contributed by atoms with Crippen LogP contribution < -0.4 is 4.74 Å². The summed E-state index contributed by atoms with van der Waals surface area (Å²) in [6.45, 7) is 8.61. The van der Waals surface area contributed by atoms with Crippen LogP contribution in [0.2, 0.25) is 0 Å². The van der Waals surface area contributed by atoms with Crippen molar-refractivity contribution in [3.05, 3.63) is 55.1 Å². The maximum Gasteiger partial charge on any atom is 0.308 e. The molecule has 0 atom stereocenters. The number of benzene rings is 1. The molecule has 0 amide bonds. The molecular weight excluding hydrogens is 228 g/mol. The monoisotopic (exact) mass is 246 g/mol. The maximum atomic E-state index is 11.1. The van der Waals surface area contributed by atoms with Gasteiger partial charge in [0.25, 0.3) is 0 Å². The van der Waals surface area contributed by atoms with Gasteiger partial charge in [0.15, 0.2) is 0 Å². The molecule has 0 radical (unpaired) electrons. The average Bonchev–Trinajstić information content (AvgIpc) is 2.29. The molecule has 1 rings (SSSR count). The first-order chi connectivity index (χ1) is 8.53. The van der Waals surface area contributed by atoms with Gasteiger partial charge in [-0.3, -0.25) is 4.79 Å². The normalized spacial score (nSPS) is 10.8. The van der Waals surface area contributed by atoms with Gasteiger partial charge in [-0.25, -0.2) is 0 Å². The summed E-state index contributed by atoms with van der Waals surface area (Å²) >= 11 is 0. The molecular formula is C15H18O3. The number of hydrogen-bond acceptors (Lipinski definition) is 3. The van der Waals surface area contributed by atoms with Gasteiger partial charge in [0, 0.05) is 12.5 Å². The fourth-order valence-electron chi connectivity index (χ4n) is 1.88. The van der Waals surface area contributed by atoms with E-state index in [0.29, 0.717) is 24.2 Å². The van der Waals surface area contributed by atoms with E-state index in [0.717, 1.165) is 0 Å². The molecule has 0 aliphatic rings. The van der Waals surface area contributed by atoms with Gasteiger partial charge in [0.2, 0.25) is 0 Å². The topological polar surface area (TPSA) is 46.5 Å². The fraction of sp³-hybridized carbons (Fsp3) is 0.267. The number of aliphatic hydroxyl groups is 1. The third-order valence-electron chi connectivity index (χ3n) is 2.61. The van der Waals surface area contributed by atoms with Gasteiger partial charge in [-0.15, -0.1) is 13.2 Å². The molecule has 0 spiro atoms. The van der Waals surface area contributed by atoms with E-state index in [4.69, 9.17) is 4.74 Å². The first-order valence-corrected chi connectivity index (χ1v) is 5.75. The van der Waals surface area contributed by atoms with Crippen LogP contribution in [0.5, 0.6) is 5.75 Å². The van der Waals surface area contributed by atoms with Gasteiger partial charge < -0.3 is 9.84 Å². The summed E-state index contributed by atoms with van der Waals surface area (Å²) < 4.78 is 5.12. The second-order valence-electron chi connectivity index (χ2n) is 4.11. The van der Waals surface area contributed by atoms with E-state index >= 15 is 0 Å². The number of rotatable bonds is 6. The van der Waals surface area contributed by atoms with Crippen LogP contribution >= 0.6 is 0 Å². The molecule has 0 aliphatic heterocycles. The van der Waals surface area contributed by atoms with Gasteiger partial charge in [0.1, 0.15) is 11.4 Å². The predicted octanol–water partition coefficient (Wildman–Crippen LogP) is 2.95. The molecule has 18 heavy (non-hydrogen) atoms. The highest BCUT2D eigenvalue weighted by molar-refractivity contribution is 5.70. The number of carbonyl (C=O) groups excluding carboxylic acids is 1. The molecule has 1 aromatic carbocycles. The Kier molecular flexibility index (Phi) is 4.86. The quantitative estimate of drug-likeness (QED) is 0.477. The summed E-state index contributed by atoms with van der Waals surface area (Å²) in [4.78, 5) is 11.1. The highest BCUT2D eigenvalue weighted by Gasteiger charge is 2.29. The minimum atomic E-state index is -1.14. The fourth-order valence-corrected chi connectivity index (χ4v) is 1.88. The average molecular weight is 246 g/mol. The van der Waals surface area contributed by atoms with E-state index < -0.39 is 11.6 Å². The Balaban J connectivity index is 3.22. The zero-order chi connectivity index (χ0) is 13.6. The Labute approximate surface area is 107 Å². The van der Waals surface area contributed by atoms with Crippen LogP contribution in [-0.4, -0.2) is 11.1 Å². The number of carbonyl (C=O) groups is 1. The Morgan fingerprint density at radius 1 is 1.33 bits per heavy atom. The highest BCUT2D eigenvalue weighted by atomic mass is 16.5. The van der Waals surface area contributed by atoms with E-state index in [1.54, 1.807) is 36.4 Å². The lowest BCUT2D eigenvalue weighted by Gasteiger charge is -2.27. The minimum absolute atomic E-state index is 0.358. The van der Waals surface area contributed by atoms with Gasteiger partial charge in [-0.2, -0.15) is 0 Å². The van der Waals surface area contributed by atoms with Crippen molar-refractivity contribution in [2.24, 2.45) is 0 Å². The molecule has 0 saturated heterocycles. The second kappa shape index (κ2) is 6.17. The SMILES string of the molecule is C=CCC(O)(CC=C)c1ccccc1OC(C)=O. The largest absolute Gasteiger partial charge is 0.426 e. The van der Waals surface area contributed by atoms with Crippen LogP contribution in [0.4, 0.5) is 0 Å². The van der Waals surface area contributed by atoms with Crippen LogP contribution in [0.25, 0.3) is 0 Å². The summed E-state index contributed by atoms with van der Waals surface area (Å²) in [5.41, 5.74) is -0.574. The van der Waals surface area contributed by atoms with Gasteiger partial charge in [-0.1, -0.05) is 30.4 Å². The first-order valence-electron chi connectivity index (χ1n) is 5.75.